The van der Waals surface area contributed by atoms with Crippen LogP contribution in [0.5, 0.6) is 0 Å². The van der Waals surface area contributed by atoms with E-state index in [0.29, 0.717) is 18.5 Å². The maximum absolute atomic E-state index is 11.6. The predicted molar refractivity (Wildman–Crippen MR) is 67.2 cm³/mol. The summed E-state index contributed by atoms with van der Waals surface area (Å²) >= 11 is 0. The standard InChI is InChI=1S/C13H22N2O3/c1-13(5-6-13)8-15-12(18)14-7-9-3-2-4-10(9)11(16)17/h9-10H,2-8H2,1H3,(H,16,17)(H2,14,15,18). The molecule has 0 spiro atoms. The van der Waals surface area contributed by atoms with Gasteiger partial charge in [0.2, 0.25) is 0 Å². The summed E-state index contributed by atoms with van der Waals surface area (Å²) in [6.07, 6.45) is 4.94. The molecule has 0 saturated heterocycles. The Morgan fingerprint density at radius 3 is 2.61 bits per heavy atom. The van der Waals surface area contributed by atoms with E-state index in [1.54, 1.807) is 0 Å². The van der Waals surface area contributed by atoms with Crippen LogP contribution in [0.1, 0.15) is 39.0 Å². The van der Waals surface area contributed by atoms with Crippen molar-refractivity contribution in [3.05, 3.63) is 0 Å². The molecule has 18 heavy (non-hydrogen) atoms. The molecule has 5 heteroatoms. The van der Waals surface area contributed by atoms with E-state index in [4.69, 9.17) is 5.11 Å². The molecule has 2 atom stereocenters. The van der Waals surface area contributed by atoms with Crippen LogP contribution in [-0.4, -0.2) is 30.2 Å². The van der Waals surface area contributed by atoms with Crippen molar-refractivity contribution in [1.82, 2.24) is 10.6 Å². The van der Waals surface area contributed by atoms with Gasteiger partial charge >= 0.3 is 12.0 Å². The van der Waals surface area contributed by atoms with Crippen LogP contribution in [0.3, 0.4) is 0 Å². The lowest BCUT2D eigenvalue weighted by Gasteiger charge is -2.17. The summed E-state index contributed by atoms with van der Waals surface area (Å²) in [7, 11) is 0. The second-order valence-electron chi connectivity index (χ2n) is 6.01. The second-order valence-corrected chi connectivity index (χ2v) is 6.01. The number of amides is 2. The zero-order valence-corrected chi connectivity index (χ0v) is 10.9. The monoisotopic (exact) mass is 254 g/mol. The minimum absolute atomic E-state index is 0.0877. The van der Waals surface area contributed by atoms with Crippen molar-refractivity contribution in [2.45, 2.75) is 39.0 Å². The number of carbonyl (C=O) groups excluding carboxylic acids is 1. The van der Waals surface area contributed by atoms with Crippen LogP contribution in [-0.2, 0) is 4.79 Å². The molecule has 5 nitrogen and oxygen atoms in total. The third-order valence-electron chi connectivity index (χ3n) is 4.28. The van der Waals surface area contributed by atoms with Gasteiger partial charge in [0, 0.05) is 13.1 Å². The van der Waals surface area contributed by atoms with Crippen molar-refractivity contribution < 1.29 is 14.7 Å². The second kappa shape index (κ2) is 5.16. The number of aliphatic carboxylic acids is 1. The SMILES string of the molecule is CC1(CNC(=O)NCC2CCCC2C(=O)O)CC1. The first-order chi connectivity index (χ1) is 8.50. The Kier molecular flexibility index (Phi) is 3.78. The first-order valence-electron chi connectivity index (χ1n) is 6.75. The molecular formula is C13H22N2O3. The van der Waals surface area contributed by atoms with Gasteiger partial charge in [0.05, 0.1) is 5.92 Å². The first kappa shape index (κ1) is 13.2. The maximum Gasteiger partial charge on any atom is 0.314 e. The summed E-state index contributed by atoms with van der Waals surface area (Å²) in [5.41, 5.74) is 0.300. The molecular weight excluding hydrogens is 232 g/mol. The topological polar surface area (TPSA) is 78.4 Å². The van der Waals surface area contributed by atoms with Crippen LogP contribution >= 0.6 is 0 Å². The zero-order valence-electron chi connectivity index (χ0n) is 10.9. The highest BCUT2D eigenvalue weighted by Crippen LogP contribution is 2.43. The van der Waals surface area contributed by atoms with Gasteiger partial charge in [0.25, 0.3) is 0 Å². The molecule has 0 aromatic heterocycles. The Balaban J connectivity index is 1.67. The number of carboxylic acid groups (broad SMARTS) is 1. The normalized spacial score (nSPS) is 28.7. The maximum atomic E-state index is 11.6. The first-order valence-corrected chi connectivity index (χ1v) is 6.75. The Hall–Kier alpha value is -1.26. The van der Waals surface area contributed by atoms with Crippen LogP contribution in [0, 0.1) is 17.3 Å². The molecule has 0 aromatic carbocycles. The zero-order chi connectivity index (χ0) is 13.2. The van der Waals surface area contributed by atoms with Crippen molar-refractivity contribution in [3.8, 4) is 0 Å². The molecule has 2 amide bonds. The summed E-state index contributed by atoms with van der Waals surface area (Å²) in [6.45, 7) is 3.34. The van der Waals surface area contributed by atoms with Gasteiger partial charge in [-0.1, -0.05) is 13.3 Å². The van der Waals surface area contributed by atoms with Crippen molar-refractivity contribution in [3.63, 3.8) is 0 Å². The Morgan fingerprint density at radius 2 is 2.00 bits per heavy atom. The van der Waals surface area contributed by atoms with Gasteiger partial charge < -0.3 is 15.7 Å². The van der Waals surface area contributed by atoms with Crippen molar-refractivity contribution in [2.24, 2.45) is 17.3 Å². The molecule has 2 saturated carbocycles. The van der Waals surface area contributed by atoms with Crippen LogP contribution in [0.2, 0.25) is 0 Å². The molecule has 2 fully saturated rings. The van der Waals surface area contributed by atoms with Gasteiger partial charge in [-0.2, -0.15) is 0 Å². The van der Waals surface area contributed by atoms with Gasteiger partial charge in [-0.05, 0) is 37.0 Å². The Labute approximate surface area is 107 Å². The molecule has 3 N–H and O–H groups in total. The number of hydrogen-bond acceptors (Lipinski definition) is 2. The van der Waals surface area contributed by atoms with Crippen molar-refractivity contribution in [1.29, 1.82) is 0 Å². The Morgan fingerprint density at radius 1 is 1.28 bits per heavy atom. The number of hydrogen-bond donors (Lipinski definition) is 3. The fraction of sp³-hybridized carbons (Fsp3) is 0.846. The van der Waals surface area contributed by atoms with Gasteiger partial charge in [-0.3, -0.25) is 4.79 Å². The minimum atomic E-state index is -0.731. The largest absolute Gasteiger partial charge is 0.481 e. The molecule has 0 aromatic rings. The third-order valence-corrected chi connectivity index (χ3v) is 4.28. The van der Waals surface area contributed by atoms with E-state index in [1.165, 1.54) is 12.8 Å². The van der Waals surface area contributed by atoms with E-state index >= 15 is 0 Å². The van der Waals surface area contributed by atoms with E-state index in [0.717, 1.165) is 19.3 Å². The summed E-state index contributed by atoms with van der Waals surface area (Å²) in [6, 6.07) is -0.167. The van der Waals surface area contributed by atoms with E-state index in [1.807, 2.05) is 0 Å². The van der Waals surface area contributed by atoms with Gasteiger partial charge in [0.1, 0.15) is 0 Å². The summed E-state index contributed by atoms with van der Waals surface area (Å²) in [5, 5.41) is 14.7. The van der Waals surface area contributed by atoms with E-state index in [2.05, 4.69) is 17.6 Å². The smallest absolute Gasteiger partial charge is 0.314 e. The number of rotatable bonds is 5. The summed E-state index contributed by atoms with van der Waals surface area (Å²) in [5.74, 6) is -0.929. The number of urea groups is 1. The molecule has 102 valence electrons. The minimum Gasteiger partial charge on any atom is -0.481 e. The molecule has 2 aliphatic rings. The van der Waals surface area contributed by atoms with E-state index in [9.17, 15) is 9.59 Å². The predicted octanol–water partition coefficient (Wildman–Crippen LogP) is 1.59. The number of carboxylic acids is 1. The molecule has 2 aliphatic carbocycles. The van der Waals surface area contributed by atoms with Gasteiger partial charge in [0.15, 0.2) is 0 Å². The highest BCUT2D eigenvalue weighted by atomic mass is 16.4. The van der Waals surface area contributed by atoms with E-state index in [-0.39, 0.29) is 17.9 Å². The fourth-order valence-electron chi connectivity index (χ4n) is 2.58. The summed E-state index contributed by atoms with van der Waals surface area (Å²) < 4.78 is 0. The van der Waals surface area contributed by atoms with Crippen LogP contribution in [0.25, 0.3) is 0 Å². The lowest BCUT2D eigenvalue weighted by atomic mass is 9.96. The van der Waals surface area contributed by atoms with Crippen LogP contribution in [0.4, 0.5) is 4.79 Å². The molecule has 0 radical (unpaired) electrons. The molecule has 2 rings (SSSR count). The molecule has 2 unspecified atom stereocenters. The lowest BCUT2D eigenvalue weighted by molar-refractivity contribution is -0.142. The quantitative estimate of drug-likeness (QED) is 0.697. The molecule has 0 bridgehead atoms. The van der Waals surface area contributed by atoms with E-state index < -0.39 is 5.97 Å². The molecule has 0 aliphatic heterocycles. The average molecular weight is 254 g/mol. The highest BCUT2D eigenvalue weighted by molar-refractivity contribution is 5.74. The van der Waals surface area contributed by atoms with Crippen molar-refractivity contribution in [2.75, 3.05) is 13.1 Å². The Bertz CT molecular complexity index is 339. The van der Waals surface area contributed by atoms with Crippen molar-refractivity contribution >= 4 is 12.0 Å². The van der Waals surface area contributed by atoms with Gasteiger partial charge in [-0.25, -0.2) is 4.79 Å². The lowest BCUT2D eigenvalue weighted by Crippen LogP contribution is -2.41. The number of carbonyl (C=O) groups is 2. The van der Waals surface area contributed by atoms with Crippen LogP contribution < -0.4 is 10.6 Å². The van der Waals surface area contributed by atoms with Crippen LogP contribution in [0.15, 0.2) is 0 Å². The number of nitrogens with one attached hydrogen (secondary N) is 2. The summed E-state index contributed by atoms with van der Waals surface area (Å²) in [4.78, 5) is 22.6. The fourth-order valence-corrected chi connectivity index (χ4v) is 2.58. The molecule has 0 heterocycles. The highest BCUT2D eigenvalue weighted by Gasteiger charge is 2.37. The average Bonchev–Trinajstić information content (AvgIpc) is 2.89. The third kappa shape index (κ3) is 3.37. The van der Waals surface area contributed by atoms with Gasteiger partial charge in [-0.15, -0.1) is 0 Å².